The maximum Gasteiger partial charge on any atom is 0.154 e. The third kappa shape index (κ3) is 5.90. The van der Waals surface area contributed by atoms with Crippen molar-refractivity contribution < 1.29 is 4.79 Å². The molecule has 0 aliphatic heterocycles. The van der Waals surface area contributed by atoms with Gasteiger partial charge in [-0.3, -0.25) is 9.57 Å². The minimum Gasteiger partial charge on any atom is -0.359 e. The number of rotatable bonds is 11. The zero-order valence-corrected chi connectivity index (χ0v) is 32.1. The van der Waals surface area contributed by atoms with Crippen LogP contribution in [0.1, 0.15) is 105 Å². The van der Waals surface area contributed by atoms with E-state index in [1.165, 1.54) is 51.4 Å². The molecule has 7 rings (SSSR count). The summed E-state index contributed by atoms with van der Waals surface area (Å²) in [4.78, 5) is 14.6. The summed E-state index contributed by atoms with van der Waals surface area (Å²) in [5.74, 6) is 5.21. The molecule has 9 atom stereocenters. The Morgan fingerprint density at radius 3 is 1.86 bits per heavy atom. The van der Waals surface area contributed by atoms with Gasteiger partial charge in [-0.15, -0.1) is 0 Å². The van der Waals surface area contributed by atoms with Crippen molar-refractivity contribution in [2.75, 3.05) is 0 Å². The van der Waals surface area contributed by atoms with E-state index < -0.39 is 13.5 Å². The van der Waals surface area contributed by atoms with Crippen molar-refractivity contribution >= 4 is 29.1 Å². The molecule has 0 bridgehead atoms. The molecule has 0 unspecified atom stereocenters. The number of hydrogen-bond donors (Lipinski definition) is 0. The van der Waals surface area contributed by atoms with Gasteiger partial charge in [0.15, 0.2) is 7.41 Å². The molecule has 4 aliphatic carbocycles. The van der Waals surface area contributed by atoms with Crippen LogP contribution in [0.5, 0.6) is 0 Å². The molecule has 4 aliphatic rings. The number of benzene rings is 3. The Morgan fingerprint density at radius 2 is 1.32 bits per heavy atom. The highest BCUT2D eigenvalue weighted by molar-refractivity contribution is 7.93. The largest absolute Gasteiger partial charge is 0.359 e. The second-order valence-electron chi connectivity index (χ2n) is 17.6. The Bertz CT molecular complexity index is 1520. The molecular formula is C45H60N3OP. The zero-order chi connectivity index (χ0) is 35.1. The van der Waals surface area contributed by atoms with E-state index in [2.05, 4.69) is 113 Å². The fourth-order valence-electron chi connectivity index (χ4n) is 12.4. The van der Waals surface area contributed by atoms with Crippen LogP contribution in [0.25, 0.3) is 5.53 Å². The van der Waals surface area contributed by atoms with E-state index in [0.717, 1.165) is 58.3 Å². The van der Waals surface area contributed by atoms with E-state index in [1.54, 1.807) is 0 Å². The number of nitrogens with zero attached hydrogens (tertiary/aromatic N) is 3. The highest BCUT2D eigenvalue weighted by Crippen LogP contribution is 2.70. The van der Waals surface area contributed by atoms with Crippen LogP contribution in [0.15, 0.2) is 96.2 Å². The molecule has 0 amide bonds. The van der Waals surface area contributed by atoms with Gasteiger partial charge in [-0.1, -0.05) is 108 Å². The average molecular weight is 690 g/mol. The Labute approximate surface area is 303 Å². The molecule has 0 N–H and O–H groups in total. The summed E-state index contributed by atoms with van der Waals surface area (Å²) in [7, 11) is -2.75. The number of fused-ring (bicyclic) bond motifs is 5. The molecule has 0 aromatic heterocycles. The third-order valence-electron chi connectivity index (χ3n) is 14.8. The molecule has 266 valence electrons. The highest BCUT2D eigenvalue weighted by atomic mass is 31.2. The maximum atomic E-state index is 14.6. The lowest BCUT2D eigenvalue weighted by Crippen LogP contribution is -2.59. The summed E-state index contributed by atoms with van der Waals surface area (Å²) in [5, 5.41) is 7.53. The second kappa shape index (κ2) is 14.3. The smallest absolute Gasteiger partial charge is 0.154 e. The molecule has 4 fully saturated rings. The van der Waals surface area contributed by atoms with Crippen LogP contribution in [0.2, 0.25) is 0 Å². The Hall–Kier alpha value is -2.84. The Morgan fingerprint density at radius 1 is 0.760 bits per heavy atom. The van der Waals surface area contributed by atoms with Crippen molar-refractivity contribution in [3.63, 3.8) is 0 Å². The van der Waals surface area contributed by atoms with Gasteiger partial charge >= 0.3 is 0 Å². The van der Waals surface area contributed by atoms with Crippen molar-refractivity contribution in [1.29, 1.82) is 0 Å². The van der Waals surface area contributed by atoms with Gasteiger partial charge in [0.25, 0.3) is 0 Å². The lowest BCUT2D eigenvalue weighted by Gasteiger charge is -2.62. The van der Waals surface area contributed by atoms with E-state index in [4.69, 9.17) is 0 Å². The molecule has 0 saturated heterocycles. The fraction of sp³-hybridized carbons (Fsp3) is 0.578. The van der Waals surface area contributed by atoms with Crippen molar-refractivity contribution in [1.82, 2.24) is 4.78 Å². The van der Waals surface area contributed by atoms with Gasteiger partial charge in [0.05, 0.1) is 6.04 Å². The molecule has 3 aromatic carbocycles. The number of carbonyl (C=O) groups excluding carboxylic acids is 1. The minimum absolute atomic E-state index is 0.0342. The molecular weight excluding hydrogens is 629 g/mol. The van der Waals surface area contributed by atoms with Gasteiger partial charge in [0.1, 0.15) is 21.7 Å². The van der Waals surface area contributed by atoms with E-state index in [0.29, 0.717) is 23.7 Å². The second-order valence-corrected chi connectivity index (χ2v) is 20.9. The predicted molar refractivity (Wildman–Crippen MR) is 210 cm³/mol. The molecule has 50 heavy (non-hydrogen) atoms. The van der Waals surface area contributed by atoms with Gasteiger partial charge in [-0.2, -0.15) is 0 Å². The monoisotopic (exact) mass is 689 g/mol. The predicted octanol–water partition coefficient (Wildman–Crippen LogP) is 10.8. The van der Waals surface area contributed by atoms with E-state index in [-0.39, 0.29) is 11.2 Å². The van der Waals surface area contributed by atoms with Crippen molar-refractivity contribution in [3.8, 4) is 0 Å². The average Bonchev–Trinajstić information content (AvgIpc) is 3.49. The molecule has 4 saturated carbocycles. The van der Waals surface area contributed by atoms with Crippen molar-refractivity contribution in [2.24, 2.45) is 57.5 Å². The van der Waals surface area contributed by atoms with Crippen LogP contribution in [-0.4, -0.2) is 16.6 Å². The number of ketones is 1. The first-order chi connectivity index (χ1) is 24.1. The molecule has 0 spiro atoms. The standard InChI is InChI=1S/C45H60N3OP/c1-32(2)16-15-17-33(3)39-26-27-40-38-25-24-34-30-43(49)42(31-45(34,5)41(38)28-29-44(39,40)4)48(47-46)50(35-18-9-6-10-19-35,36-20-11-7-12-21-36)37-22-13-8-14-23-37/h6-14,18-23,32-34,38-42H,15-17,24-31H2,1-5H3/t33-,34+,38+,39-,40+,41+,42-,44-,45+/m1/s1. The summed E-state index contributed by atoms with van der Waals surface area (Å²) in [5.41, 5.74) is 11.8. The molecule has 0 heterocycles. The maximum absolute atomic E-state index is 14.6. The van der Waals surface area contributed by atoms with Gasteiger partial charge in [0.2, 0.25) is 0 Å². The zero-order valence-electron chi connectivity index (χ0n) is 31.3. The Kier molecular flexibility index (Phi) is 10.2. The van der Waals surface area contributed by atoms with Crippen molar-refractivity contribution in [3.05, 3.63) is 96.5 Å². The van der Waals surface area contributed by atoms with E-state index in [9.17, 15) is 10.3 Å². The van der Waals surface area contributed by atoms with Gasteiger partial charge in [-0.05, 0) is 134 Å². The first kappa shape index (κ1) is 35.6. The molecule has 0 radical (unpaired) electrons. The number of hydrogen-bond acceptors (Lipinski definition) is 2. The number of carbonyl (C=O) groups is 1. The van der Waals surface area contributed by atoms with Crippen LogP contribution in [-0.2, 0) is 4.79 Å². The van der Waals surface area contributed by atoms with Crippen LogP contribution in [0.4, 0.5) is 0 Å². The van der Waals surface area contributed by atoms with Crippen LogP contribution in [0, 0.1) is 52.3 Å². The molecule has 5 heteroatoms. The quantitative estimate of drug-likeness (QED) is 0.114. The van der Waals surface area contributed by atoms with Crippen LogP contribution >= 0.6 is 7.41 Å². The SMILES string of the molecule is CC(C)CCC[C@@H](C)[C@H]1CC[C@H]2[C@@H]3CC[C@H]4CC(=O)[C@H](N(N=[N-])[P+](c5ccccc5)(c5ccccc5)c5ccccc5)C[C@]4(C)[C@H]3CC[C@]12C. The molecule has 3 aromatic rings. The molecule has 4 nitrogen and oxygen atoms in total. The first-order valence-corrected chi connectivity index (χ1v) is 21.6. The van der Waals surface area contributed by atoms with Crippen LogP contribution < -0.4 is 15.9 Å². The summed E-state index contributed by atoms with van der Waals surface area (Å²) >= 11 is 0. The Balaban J connectivity index is 1.24. The van der Waals surface area contributed by atoms with E-state index in [1.807, 2.05) is 23.0 Å². The third-order valence-corrected chi connectivity index (χ3v) is 18.9. The summed E-state index contributed by atoms with van der Waals surface area (Å²) in [6.07, 6.45) is 13.2. The normalized spacial score (nSPS) is 32.9. The minimum atomic E-state index is -2.75. The fourth-order valence-corrected chi connectivity index (χ4v) is 16.6. The van der Waals surface area contributed by atoms with Gasteiger partial charge in [0, 0.05) is 6.42 Å². The lowest BCUT2D eigenvalue weighted by atomic mass is 9.44. The lowest BCUT2D eigenvalue weighted by molar-refractivity contribution is -0.148. The van der Waals surface area contributed by atoms with E-state index >= 15 is 0 Å². The van der Waals surface area contributed by atoms with Crippen molar-refractivity contribution in [2.45, 2.75) is 111 Å². The topological polar surface area (TPSA) is 55.0 Å². The van der Waals surface area contributed by atoms with Gasteiger partial charge in [-0.25, -0.2) is 5.22 Å². The highest BCUT2D eigenvalue weighted by Gasteiger charge is 2.63. The summed E-state index contributed by atoms with van der Waals surface area (Å²) in [6.45, 7) is 12.5. The van der Waals surface area contributed by atoms with Crippen LogP contribution in [0.3, 0.4) is 0 Å². The van der Waals surface area contributed by atoms with Gasteiger partial charge < -0.3 is 5.53 Å². The first-order valence-electron chi connectivity index (χ1n) is 19.9. The number of Topliss-reactive ketones (excluding diaryl/α,β-unsaturated/α-hetero) is 1. The summed E-state index contributed by atoms with van der Waals surface area (Å²) < 4.78 is 1.93. The summed E-state index contributed by atoms with van der Waals surface area (Å²) in [6, 6.07) is 31.1.